The highest BCUT2D eigenvalue weighted by molar-refractivity contribution is 6.07. The van der Waals surface area contributed by atoms with E-state index in [1.807, 2.05) is 48.5 Å². The number of primary amides is 1. The standard InChI is InChI=1S/C25H24N2O4/c1-15-11-17(13-16-7-9-18(30-2)10-8-16)24-20(12-15)23(25(29)31-14-22(26)28)19-5-3-4-6-21(19)27-24/h3-10,13,15H,11-12,14H2,1-2H3,(H2,26,28)/b17-13+/t15-/m1/s1. The lowest BCUT2D eigenvalue weighted by Crippen LogP contribution is -2.23. The Hall–Kier alpha value is -3.67. The SMILES string of the molecule is COc1ccc(/C=C2\C[C@@H](C)Cc3c2nc2ccccc2c3C(=O)OCC(N)=O)cc1. The zero-order valence-electron chi connectivity index (χ0n) is 17.6. The number of benzene rings is 2. The maximum absolute atomic E-state index is 13.0. The molecule has 158 valence electrons. The number of carbonyl (C=O) groups is 2. The summed E-state index contributed by atoms with van der Waals surface area (Å²) < 4.78 is 10.4. The summed E-state index contributed by atoms with van der Waals surface area (Å²) in [5.41, 5.74) is 10.1. The minimum Gasteiger partial charge on any atom is -0.497 e. The van der Waals surface area contributed by atoms with Crippen molar-refractivity contribution in [2.75, 3.05) is 13.7 Å². The molecule has 0 spiro atoms. The van der Waals surface area contributed by atoms with Gasteiger partial charge in [-0.25, -0.2) is 9.78 Å². The molecule has 0 unspecified atom stereocenters. The molecule has 1 atom stereocenters. The third-order valence-corrected chi connectivity index (χ3v) is 5.42. The van der Waals surface area contributed by atoms with Gasteiger partial charge >= 0.3 is 5.97 Å². The van der Waals surface area contributed by atoms with E-state index in [-0.39, 0.29) is 0 Å². The van der Waals surface area contributed by atoms with Gasteiger partial charge in [-0.15, -0.1) is 0 Å². The second-order valence-electron chi connectivity index (χ2n) is 7.83. The number of methoxy groups -OCH3 is 1. The second kappa shape index (κ2) is 8.60. The number of aromatic nitrogens is 1. The Balaban J connectivity index is 1.87. The molecule has 2 aromatic carbocycles. The maximum Gasteiger partial charge on any atom is 0.339 e. The molecule has 1 heterocycles. The van der Waals surface area contributed by atoms with Gasteiger partial charge in [0.25, 0.3) is 5.91 Å². The molecule has 1 amide bonds. The van der Waals surface area contributed by atoms with E-state index in [1.165, 1.54) is 0 Å². The third kappa shape index (κ3) is 4.28. The van der Waals surface area contributed by atoms with E-state index in [9.17, 15) is 9.59 Å². The minimum atomic E-state index is -0.686. The number of nitrogens with two attached hydrogens (primary N) is 1. The number of fused-ring (bicyclic) bond motifs is 2. The first-order valence-electron chi connectivity index (χ1n) is 10.2. The summed E-state index contributed by atoms with van der Waals surface area (Å²) in [5, 5.41) is 0.716. The van der Waals surface area contributed by atoms with Crippen molar-refractivity contribution in [2.24, 2.45) is 11.7 Å². The molecule has 4 rings (SSSR count). The first-order chi connectivity index (χ1) is 15.0. The number of carbonyl (C=O) groups excluding carboxylic acids is 2. The molecule has 2 N–H and O–H groups in total. The van der Waals surface area contributed by atoms with Crippen molar-refractivity contribution >= 4 is 34.4 Å². The fraction of sp³-hybridized carbons (Fsp3) is 0.240. The Kier molecular flexibility index (Phi) is 5.71. The molecule has 0 saturated heterocycles. The van der Waals surface area contributed by atoms with Gasteiger partial charge in [-0.3, -0.25) is 4.79 Å². The molecule has 0 aliphatic heterocycles. The summed E-state index contributed by atoms with van der Waals surface area (Å²) in [6, 6.07) is 15.3. The van der Waals surface area contributed by atoms with Gasteiger partial charge < -0.3 is 15.2 Å². The lowest BCUT2D eigenvalue weighted by atomic mass is 9.80. The van der Waals surface area contributed by atoms with E-state index in [0.29, 0.717) is 28.8 Å². The highest BCUT2D eigenvalue weighted by Gasteiger charge is 2.29. The molecular formula is C25H24N2O4. The summed E-state index contributed by atoms with van der Waals surface area (Å²) in [4.78, 5) is 29.0. The zero-order chi connectivity index (χ0) is 22.0. The summed E-state index contributed by atoms with van der Waals surface area (Å²) in [5.74, 6) is -0.119. The Bertz CT molecular complexity index is 1180. The van der Waals surface area contributed by atoms with Gasteiger partial charge in [-0.1, -0.05) is 37.3 Å². The molecular weight excluding hydrogens is 392 g/mol. The number of hydrogen-bond donors (Lipinski definition) is 1. The molecule has 1 aliphatic rings. The average Bonchev–Trinajstić information content (AvgIpc) is 2.76. The third-order valence-electron chi connectivity index (χ3n) is 5.42. The number of allylic oxidation sites excluding steroid dienone is 1. The van der Waals surface area contributed by atoms with E-state index < -0.39 is 18.5 Å². The fourth-order valence-electron chi connectivity index (χ4n) is 4.08. The second-order valence-corrected chi connectivity index (χ2v) is 7.83. The quantitative estimate of drug-likeness (QED) is 0.635. The van der Waals surface area contributed by atoms with Gasteiger partial charge in [0.15, 0.2) is 6.61 Å². The van der Waals surface area contributed by atoms with Gasteiger partial charge in [-0.2, -0.15) is 0 Å². The lowest BCUT2D eigenvalue weighted by Gasteiger charge is -2.26. The van der Waals surface area contributed by atoms with Crippen LogP contribution in [-0.4, -0.2) is 30.6 Å². The van der Waals surface area contributed by atoms with Crippen LogP contribution >= 0.6 is 0 Å². The summed E-state index contributed by atoms with van der Waals surface area (Å²) in [6.45, 7) is 1.70. The van der Waals surface area contributed by atoms with Crippen molar-refractivity contribution in [3.05, 3.63) is 70.9 Å². The van der Waals surface area contributed by atoms with Crippen molar-refractivity contribution < 1.29 is 19.1 Å². The largest absolute Gasteiger partial charge is 0.497 e. The van der Waals surface area contributed by atoms with E-state index >= 15 is 0 Å². The first-order valence-corrected chi connectivity index (χ1v) is 10.2. The number of pyridine rings is 1. The van der Waals surface area contributed by atoms with Crippen molar-refractivity contribution in [1.82, 2.24) is 4.98 Å². The number of esters is 1. The Morgan fingerprint density at radius 1 is 1.13 bits per heavy atom. The molecule has 31 heavy (non-hydrogen) atoms. The molecule has 1 aliphatic carbocycles. The number of rotatable bonds is 5. The van der Waals surface area contributed by atoms with Crippen molar-refractivity contribution in [3.63, 3.8) is 0 Å². The normalized spacial score (nSPS) is 16.7. The van der Waals surface area contributed by atoms with Crippen LogP contribution in [0.2, 0.25) is 0 Å². The first kappa shape index (κ1) is 20.6. The van der Waals surface area contributed by atoms with Crippen molar-refractivity contribution in [3.8, 4) is 5.75 Å². The van der Waals surface area contributed by atoms with Crippen LogP contribution in [0.25, 0.3) is 22.6 Å². The van der Waals surface area contributed by atoms with Gasteiger partial charge in [-0.05, 0) is 59.7 Å². The van der Waals surface area contributed by atoms with Crippen LogP contribution < -0.4 is 10.5 Å². The number of hydrogen-bond acceptors (Lipinski definition) is 5. The molecule has 1 aromatic heterocycles. The zero-order valence-corrected chi connectivity index (χ0v) is 17.6. The molecule has 3 aromatic rings. The number of nitrogens with zero attached hydrogens (tertiary/aromatic N) is 1. The molecule has 0 saturated carbocycles. The van der Waals surface area contributed by atoms with Gasteiger partial charge in [0.1, 0.15) is 5.75 Å². The van der Waals surface area contributed by atoms with E-state index in [4.69, 9.17) is 20.2 Å². The van der Waals surface area contributed by atoms with Crippen LogP contribution in [0.1, 0.15) is 40.5 Å². The molecule has 0 fully saturated rings. The Morgan fingerprint density at radius 3 is 2.58 bits per heavy atom. The highest BCUT2D eigenvalue weighted by atomic mass is 16.5. The number of para-hydroxylation sites is 1. The average molecular weight is 416 g/mol. The highest BCUT2D eigenvalue weighted by Crippen LogP contribution is 2.38. The van der Waals surface area contributed by atoms with Gasteiger partial charge in [0.05, 0.1) is 23.9 Å². The van der Waals surface area contributed by atoms with Crippen molar-refractivity contribution in [2.45, 2.75) is 19.8 Å². The van der Waals surface area contributed by atoms with E-state index in [1.54, 1.807) is 7.11 Å². The van der Waals surface area contributed by atoms with E-state index in [0.717, 1.165) is 34.6 Å². The monoisotopic (exact) mass is 416 g/mol. The van der Waals surface area contributed by atoms with Crippen molar-refractivity contribution in [1.29, 1.82) is 0 Å². The fourth-order valence-corrected chi connectivity index (χ4v) is 4.08. The van der Waals surface area contributed by atoms with Crippen LogP contribution in [0.4, 0.5) is 0 Å². The van der Waals surface area contributed by atoms with Crippen LogP contribution in [-0.2, 0) is 16.0 Å². The molecule has 0 bridgehead atoms. The predicted octanol–water partition coefficient (Wildman–Crippen LogP) is 4.01. The lowest BCUT2D eigenvalue weighted by molar-refractivity contribution is -0.121. The maximum atomic E-state index is 13.0. The smallest absolute Gasteiger partial charge is 0.339 e. The minimum absolute atomic E-state index is 0.322. The predicted molar refractivity (Wildman–Crippen MR) is 120 cm³/mol. The van der Waals surface area contributed by atoms with Gasteiger partial charge in [0.2, 0.25) is 0 Å². The molecule has 6 heteroatoms. The topological polar surface area (TPSA) is 91.5 Å². The van der Waals surface area contributed by atoms with Crippen LogP contribution in [0.3, 0.4) is 0 Å². The number of amides is 1. The Morgan fingerprint density at radius 2 is 1.87 bits per heavy atom. The van der Waals surface area contributed by atoms with Crippen LogP contribution in [0, 0.1) is 5.92 Å². The Labute approximate surface area is 180 Å². The van der Waals surface area contributed by atoms with E-state index in [2.05, 4.69) is 13.0 Å². The van der Waals surface area contributed by atoms with Gasteiger partial charge in [0, 0.05) is 5.39 Å². The molecule has 6 nitrogen and oxygen atoms in total. The summed E-state index contributed by atoms with van der Waals surface area (Å²) in [6.07, 6.45) is 3.66. The van der Waals surface area contributed by atoms with Crippen LogP contribution in [0.15, 0.2) is 48.5 Å². The molecule has 0 radical (unpaired) electrons. The summed E-state index contributed by atoms with van der Waals surface area (Å²) >= 11 is 0. The van der Waals surface area contributed by atoms with Crippen LogP contribution in [0.5, 0.6) is 5.75 Å². The number of ether oxygens (including phenoxy) is 2. The summed E-state index contributed by atoms with van der Waals surface area (Å²) in [7, 11) is 1.64.